The number of aromatic nitrogens is 2. The van der Waals surface area contributed by atoms with Crippen molar-refractivity contribution >= 4 is 22.7 Å². The monoisotopic (exact) mass is 421 g/mol. The molecule has 1 aromatic heterocycles. The third-order valence-electron chi connectivity index (χ3n) is 4.49. The Morgan fingerprint density at radius 3 is 2.70 bits per heavy atom. The smallest absolute Gasteiger partial charge is 0.283 e. The molecule has 30 heavy (non-hydrogen) atoms. The summed E-state index contributed by atoms with van der Waals surface area (Å²) in [6.45, 7) is 4.60. The minimum atomic E-state index is -2.72. The number of ether oxygens (including phenoxy) is 1. The fourth-order valence-corrected chi connectivity index (χ4v) is 3.14. The minimum absolute atomic E-state index is 0.109. The molecule has 1 N–H and O–H groups in total. The highest BCUT2D eigenvalue weighted by atomic mass is 19.3. The summed E-state index contributed by atoms with van der Waals surface area (Å²) in [5.74, 6) is 0.661. The number of nitrogens with zero attached hydrogens (tertiary/aromatic N) is 3. The second kappa shape index (κ2) is 12.1. The van der Waals surface area contributed by atoms with E-state index in [2.05, 4.69) is 22.0 Å². The summed E-state index contributed by atoms with van der Waals surface area (Å²) in [6, 6.07) is 3.96. The van der Waals surface area contributed by atoms with Crippen molar-refractivity contribution in [3.63, 3.8) is 0 Å². The summed E-state index contributed by atoms with van der Waals surface area (Å²) in [5, 5.41) is 18.3. The van der Waals surface area contributed by atoms with Gasteiger partial charge < -0.3 is 14.7 Å². The molecule has 1 atom stereocenters. The van der Waals surface area contributed by atoms with E-state index in [0.29, 0.717) is 18.8 Å². The predicted molar refractivity (Wildman–Crippen MR) is 115 cm³/mol. The Morgan fingerprint density at radius 2 is 2.07 bits per heavy atom. The molecule has 0 fully saturated rings. The molecule has 2 rings (SSSR count). The van der Waals surface area contributed by atoms with Gasteiger partial charge in [0.25, 0.3) is 6.43 Å². The lowest BCUT2D eigenvalue weighted by atomic mass is 10.1. The van der Waals surface area contributed by atoms with Crippen molar-refractivity contribution in [2.24, 2.45) is 5.16 Å². The number of aliphatic hydroxyl groups is 1. The number of hydrogen-bond donors (Lipinski definition) is 1. The van der Waals surface area contributed by atoms with Gasteiger partial charge in [0, 0.05) is 29.8 Å². The second-order valence-electron chi connectivity index (χ2n) is 6.66. The van der Waals surface area contributed by atoms with Crippen LogP contribution in [-0.2, 0) is 4.84 Å². The molecule has 1 aromatic carbocycles. The zero-order chi connectivity index (χ0) is 21.9. The standard InChI is InChI=1S/C22H29F2N3O3/c1-4-8-18(11-12-28)27-15-17-13-16(21(30-5-2)14-20(17)25-27)9-6-7-10-19(22(23)24)26-29-3/h6-7,9-10,13-15,18,22,28H,4-5,8,11-12H2,1-3H3/b9-6+,10-7-,26-19-/t18-/m1/s1. The van der Waals surface area contributed by atoms with E-state index in [1.165, 1.54) is 19.3 Å². The van der Waals surface area contributed by atoms with E-state index >= 15 is 0 Å². The molecule has 8 heteroatoms. The lowest BCUT2D eigenvalue weighted by Crippen LogP contribution is -2.11. The number of rotatable bonds is 12. The average Bonchev–Trinajstić information content (AvgIpc) is 3.13. The lowest BCUT2D eigenvalue weighted by molar-refractivity contribution is 0.188. The van der Waals surface area contributed by atoms with Gasteiger partial charge in [0.05, 0.1) is 18.2 Å². The molecule has 6 nitrogen and oxygen atoms in total. The molecule has 0 radical (unpaired) electrons. The molecule has 1 heterocycles. The van der Waals surface area contributed by atoms with Crippen LogP contribution < -0.4 is 4.74 Å². The summed E-state index contributed by atoms with van der Waals surface area (Å²) in [4.78, 5) is 4.42. The van der Waals surface area contributed by atoms with Crippen molar-refractivity contribution in [2.75, 3.05) is 20.3 Å². The maximum absolute atomic E-state index is 12.8. The first-order valence-electron chi connectivity index (χ1n) is 10.0. The average molecular weight is 421 g/mol. The van der Waals surface area contributed by atoms with Crippen molar-refractivity contribution in [3.8, 4) is 5.75 Å². The Kier molecular flexibility index (Phi) is 9.47. The van der Waals surface area contributed by atoms with Crippen LogP contribution in [0.1, 0.15) is 44.7 Å². The summed E-state index contributed by atoms with van der Waals surface area (Å²) >= 11 is 0. The normalized spacial score (nSPS) is 13.8. The Balaban J connectivity index is 2.34. The minimum Gasteiger partial charge on any atom is -0.493 e. The molecule has 0 amide bonds. The summed E-state index contributed by atoms with van der Waals surface area (Å²) < 4.78 is 33.3. The number of halogens is 2. The third-order valence-corrected chi connectivity index (χ3v) is 4.49. The first-order valence-corrected chi connectivity index (χ1v) is 10.0. The summed E-state index contributed by atoms with van der Waals surface area (Å²) in [7, 11) is 1.22. The largest absolute Gasteiger partial charge is 0.493 e. The predicted octanol–water partition coefficient (Wildman–Crippen LogP) is 5.00. The fraction of sp³-hybridized carbons (Fsp3) is 0.455. The highest BCUT2D eigenvalue weighted by molar-refractivity contribution is 5.97. The number of allylic oxidation sites excluding steroid dienone is 3. The molecule has 0 saturated heterocycles. The van der Waals surface area contributed by atoms with Crippen LogP contribution in [0.2, 0.25) is 0 Å². The molecule has 0 saturated carbocycles. The zero-order valence-corrected chi connectivity index (χ0v) is 17.6. The van der Waals surface area contributed by atoms with Crippen molar-refractivity contribution in [1.29, 1.82) is 0 Å². The number of hydrogen-bond acceptors (Lipinski definition) is 5. The van der Waals surface area contributed by atoms with Gasteiger partial charge in [-0.2, -0.15) is 5.10 Å². The lowest BCUT2D eigenvalue weighted by Gasteiger charge is -2.14. The Bertz CT molecular complexity index is 885. The first-order chi connectivity index (χ1) is 14.5. The second-order valence-corrected chi connectivity index (χ2v) is 6.66. The van der Waals surface area contributed by atoms with Gasteiger partial charge in [-0.25, -0.2) is 8.78 Å². The number of aliphatic hydroxyl groups excluding tert-OH is 1. The Morgan fingerprint density at radius 1 is 1.27 bits per heavy atom. The van der Waals surface area contributed by atoms with Crippen LogP contribution in [0.3, 0.4) is 0 Å². The van der Waals surface area contributed by atoms with Crippen LogP contribution in [0.5, 0.6) is 5.75 Å². The van der Waals surface area contributed by atoms with E-state index in [1.54, 1.807) is 12.2 Å². The van der Waals surface area contributed by atoms with E-state index in [1.807, 2.05) is 29.9 Å². The molecule has 0 aliphatic rings. The van der Waals surface area contributed by atoms with Crippen LogP contribution in [0.4, 0.5) is 8.78 Å². The molecule has 0 aliphatic carbocycles. The molecule has 0 unspecified atom stereocenters. The molecular formula is C22H29F2N3O3. The van der Waals surface area contributed by atoms with Gasteiger partial charge >= 0.3 is 0 Å². The van der Waals surface area contributed by atoms with Crippen LogP contribution in [0, 0.1) is 0 Å². The molecule has 0 spiro atoms. The van der Waals surface area contributed by atoms with E-state index in [9.17, 15) is 13.9 Å². The van der Waals surface area contributed by atoms with E-state index < -0.39 is 12.1 Å². The van der Waals surface area contributed by atoms with Gasteiger partial charge in [0.1, 0.15) is 18.6 Å². The SMILES string of the molecule is CCC[C@H](CCO)n1cc2cc(/C=C/C=C\C(=N\OC)C(F)F)c(OCC)cc2n1. The van der Waals surface area contributed by atoms with E-state index in [4.69, 9.17) is 4.74 Å². The van der Waals surface area contributed by atoms with Crippen molar-refractivity contribution in [1.82, 2.24) is 9.78 Å². The van der Waals surface area contributed by atoms with Crippen molar-refractivity contribution in [3.05, 3.63) is 42.1 Å². The molecule has 164 valence electrons. The maximum Gasteiger partial charge on any atom is 0.283 e. The quantitative estimate of drug-likeness (QED) is 0.298. The van der Waals surface area contributed by atoms with Crippen LogP contribution in [-0.4, -0.2) is 47.3 Å². The Labute approximate surface area is 175 Å². The number of fused-ring (bicyclic) bond motifs is 1. The summed E-state index contributed by atoms with van der Waals surface area (Å²) in [5.41, 5.74) is 1.16. The number of alkyl halides is 2. The first kappa shape index (κ1) is 23.5. The fourth-order valence-electron chi connectivity index (χ4n) is 3.14. The maximum atomic E-state index is 12.8. The van der Waals surface area contributed by atoms with Gasteiger partial charge in [-0.3, -0.25) is 4.68 Å². The van der Waals surface area contributed by atoms with Gasteiger partial charge in [-0.05, 0) is 31.9 Å². The van der Waals surface area contributed by atoms with Gasteiger partial charge in [0.2, 0.25) is 0 Å². The van der Waals surface area contributed by atoms with Crippen molar-refractivity contribution < 1.29 is 23.5 Å². The van der Waals surface area contributed by atoms with Gasteiger partial charge in [0.15, 0.2) is 0 Å². The molecule has 2 aromatic rings. The molecular weight excluding hydrogens is 392 g/mol. The zero-order valence-electron chi connectivity index (χ0n) is 17.6. The van der Waals surface area contributed by atoms with Crippen LogP contribution >= 0.6 is 0 Å². The van der Waals surface area contributed by atoms with Crippen molar-refractivity contribution in [2.45, 2.75) is 45.6 Å². The topological polar surface area (TPSA) is 68.9 Å². The molecule has 0 bridgehead atoms. The number of oxime groups is 1. The highest BCUT2D eigenvalue weighted by Gasteiger charge is 2.14. The van der Waals surface area contributed by atoms with Crippen LogP contribution in [0.25, 0.3) is 17.0 Å². The summed E-state index contributed by atoms with van der Waals surface area (Å²) in [6.07, 6.45) is 7.93. The Hall–Kier alpha value is -2.74. The third kappa shape index (κ3) is 6.38. The van der Waals surface area contributed by atoms with E-state index in [0.717, 1.165) is 29.3 Å². The van der Waals surface area contributed by atoms with Crippen LogP contribution in [0.15, 0.2) is 41.7 Å². The number of benzene rings is 1. The highest BCUT2D eigenvalue weighted by Crippen LogP contribution is 2.29. The van der Waals surface area contributed by atoms with Gasteiger partial charge in [-0.15, -0.1) is 0 Å². The van der Waals surface area contributed by atoms with E-state index in [-0.39, 0.29) is 12.6 Å². The molecule has 0 aliphatic heterocycles. The van der Waals surface area contributed by atoms with Gasteiger partial charge in [-0.1, -0.05) is 36.7 Å².